The average molecular weight is 336 g/mol. The molecule has 7 nitrogen and oxygen atoms in total. The van der Waals surface area contributed by atoms with Crippen molar-refractivity contribution in [2.45, 2.75) is 45.8 Å². The minimum atomic E-state index is -0.578. The van der Waals surface area contributed by atoms with E-state index in [0.717, 1.165) is 5.56 Å². The maximum absolute atomic E-state index is 11.9. The zero-order valence-electron chi connectivity index (χ0n) is 14.5. The topological polar surface area (TPSA) is 93.7 Å². The van der Waals surface area contributed by atoms with Crippen molar-refractivity contribution in [1.82, 2.24) is 5.32 Å². The quantitative estimate of drug-likeness (QED) is 0.779. The first-order chi connectivity index (χ1) is 11.2. The summed E-state index contributed by atoms with van der Waals surface area (Å²) in [6.07, 6.45) is -0.490. The molecule has 0 spiro atoms. The molecule has 0 bridgehead atoms. The standard InChI is InChI=1S/C17H24N2O5/c1-17(2,3)24-16(22)18-11-12-7-5-6-8-13(12)19-14(20)9-10-15(21)23-4/h5-8H,9-11H2,1-4H3,(H,18,22)(H,19,20). The van der Waals surface area contributed by atoms with Crippen molar-refractivity contribution in [2.24, 2.45) is 0 Å². The Morgan fingerprint density at radius 3 is 2.38 bits per heavy atom. The summed E-state index contributed by atoms with van der Waals surface area (Å²) in [4.78, 5) is 34.6. The predicted octanol–water partition coefficient (Wildman–Crippen LogP) is 2.60. The summed E-state index contributed by atoms with van der Waals surface area (Å²) >= 11 is 0. The molecule has 1 aromatic carbocycles. The highest BCUT2D eigenvalue weighted by molar-refractivity contribution is 5.93. The van der Waals surface area contributed by atoms with Gasteiger partial charge >= 0.3 is 12.1 Å². The Morgan fingerprint density at radius 1 is 1.08 bits per heavy atom. The maximum atomic E-state index is 11.9. The molecule has 0 saturated carbocycles. The monoisotopic (exact) mass is 336 g/mol. The molecule has 1 rings (SSSR count). The molecule has 0 aliphatic rings. The molecule has 0 atom stereocenters. The summed E-state index contributed by atoms with van der Waals surface area (Å²) in [5.74, 6) is -0.741. The number of alkyl carbamates (subject to hydrolysis) is 1. The summed E-state index contributed by atoms with van der Waals surface area (Å²) in [6, 6.07) is 7.08. The van der Waals surface area contributed by atoms with Gasteiger partial charge in [-0.2, -0.15) is 0 Å². The number of hydrogen-bond donors (Lipinski definition) is 2. The second kappa shape index (κ2) is 8.90. The first kappa shape index (κ1) is 19.5. The second-order valence-electron chi connectivity index (χ2n) is 6.14. The van der Waals surface area contributed by atoms with Crippen LogP contribution in [0.25, 0.3) is 0 Å². The van der Waals surface area contributed by atoms with Crippen LogP contribution in [0.3, 0.4) is 0 Å². The van der Waals surface area contributed by atoms with Crippen LogP contribution in [0.1, 0.15) is 39.2 Å². The van der Waals surface area contributed by atoms with Crippen LogP contribution in [0.15, 0.2) is 24.3 Å². The number of rotatable bonds is 6. The lowest BCUT2D eigenvalue weighted by Crippen LogP contribution is -2.32. The Balaban J connectivity index is 2.60. The molecular weight excluding hydrogens is 312 g/mol. The van der Waals surface area contributed by atoms with Crippen molar-refractivity contribution in [3.63, 3.8) is 0 Å². The number of para-hydroxylation sites is 1. The fraction of sp³-hybridized carbons (Fsp3) is 0.471. The smallest absolute Gasteiger partial charge is 0.407 e. The van der Waals surface area contributed by atoms with Crippen LogP contribution in [-0.4, -0.2) is 30.7 Å². The van der Waals surface area contributed by atoms with Crippen LogP contribution < -0.4 is 10.6 Å². The minimum absolute atomic E-state index is 0.0145. The van der Waals surface area contributed by atoms with Gasteiger partial charge in [0.25, 0.3) is 0 Å². The van der Waals surface area contributed by atoms with Crippen LogP contribution in [0.2, 0.25) is 0 Å². The van der Waals surface area contributed by atoms with E-state index in [0.29, 0.717) is 5.69 Å². The van der Waals surface area contributed by atoms with Gasteiger partial charge in [0.1, 0.15) is 5.60 Å². The van der Waals surface area contributed by atoms with Crippen molar-refractivity contribution in [1.29, 1.82) is 0 Å². The van der Waals surface area contributed by atoms with E-state index in [1.54, 1.807) is 45.0 Å². The first-order valence-corrected chi connectivity index (χ1v) is 7.62. The molecule has 132 valence electrons. The van der Waals surface area contributed by atoms with Crippen molar-refractivity contribution < 1.29 is 23.9 Å². The summed E-state index contributed by atoms with van der Waals surface area (Å²) in [5, 5.41) is 5.37. The van der Waals surface area contributed by atoms with E-state index in [1.807, 2.05) is 0 Å². The van der Waals surface area contributed by atoms with Crippen LogP contribution >= 0.6 is 0 Å². The highest BCUT2D eigenvalue weighted by Crippen LogP contribution is 2.16. The normalized spacial score (nSPS) is 10.7. The van der Waals surface area contributed by atoms with E-state index < -0.39 is 17.7 Å². The molecule has 0 heterocycles. The highest BCUT2D eigenvalue weighted by atomic mass is 16.6. The van der Waals surface area contributed by atoms with E-state index in [2.05, 4.69) is 15.4 Å². The SMILES string of the molecule is COC(=O)CCC(=O)Nc1ccccc1CNC(=O)OC(C)(C)C. The third kappa shape index (κ3) is 7.62. The molecule has 0 saturated heterocycles. The van der Waals surface area contributed by atoms with Gasteiger partial charge in [-0.05, 0) is 32.4 Å². The molecule has 7 heteroatoms. The van der Waals surface area contributed by atoms with Gasteiger partial charge in [-0.15, -0.1) is 0 Å². The molecule has 24 heavy (non-hydrogen) atoms. The third-order valence-corrected chi connectivity index (χ3v) is 2.90. The number of methoxy groups -OCH3 is 1. The summed E-state index contributed by atoms with van der Waals surface area (Å²) in [7, 11) is 1.28. The molecule has 0 aromatic heterocycles. The molecule has 0 radical (unpaired) electrons. The Morgan fingerprint density at radius 2 is 1.75 bits per heavy atom. The molecule has 0 fully saturated rings. The number of amides is 2. The molecule has 2 N–H and O–H groups in total. The van der Waals surface area contributed by atoms with Crippen LogP contribution in [0.5, 0.6) is 0 Å². The van der Waals surface area contributed by atoms with Crippen molar-refractivity contribution in [3.8, 4) is 0 Å². The van der Waals surface area contributed by atoms with Crippen LogP contribution in [-0.2, 0) is 25.6 Å². The number of benzene rings is 1. The van der Waals surface area contributed by atoms with Crippen molar-refractivity contribution >= 4 is 23.7 Å². The number of esters is 1. The lowest BCUT2D eigenvalue weighted by molar-refractivity contribution is -0.141. The number of nitrogens with one attached hydrogen (secondary N) is 2. The lowest BCUT2D eigenvalue weighted by atomic mass is 10.1. The van der Waals surface area contributed by atoms with Crippen LogP contribution in [0.4, 0.5) is 10.5 Å². The van der Waals surface area contributed by atoms with Crippen molar-refractivity contribution in [2.75, 3.05) is 12.4 Å². The molecule has 1 aromatic rings. The van der Waals surface area contributed by atoms with Gasteiger partial charge in [0, 0.05) is 18.7 Å². The zero-order chi connectivity index (χ0) is 18.2. The number of carbonyl (C=O) groups is 3. The number of ether oxygens (including phenoxy) is 2. The van der Waals surface area contributed by atoms with E-state index in [-0.39, 0.29) is 25.3 Å². The van der Waals surface area contributed by atoms with Gasteiger partial charge in [0.2, 0.25) is 5.91 Å². The first-order valence-electron chi connectivity index (χ1n) is 7.62. The van der Waals surface area contributed by atoms with E-state index in [4.69, 9.17) is 4.74 Å². The Bertz CT molecular complexity index is 593. The predicted molar refractivity (Wildman–Crippen MR) is 89.4 cm³/mol. The minimum Gasteiger partial charge on any atom is -0.469 e. The molecule has 2 amide bonds. The summed E-state index contributed by atoms with van der Waals surface area (Å²) in [6.45, 7) is 5.55. The van der Waals surface area contributed by atoms with Gasteiger partial charge in [-0.1, -0.05) is 18.2 Å². The van der Waals surface area contributed by atoms with Gasteiger partial charge in [-0.3, -0.25) is 9.59 Å². The van der Waals surface area contributed by atoms with E-state index in [1.165, 1.54) is 7.11 Å². The number of carbonyl (C=O) groups excluding carboxylic acids is 3. The Labute approximate surface area is 141 Å². The van der Waals surface area contributed by atoms with Gasteiger partial charge in [-0.25, -0.2) is 4.79 Å². The Kier molecular flexibility index (Phi) is 7.23. The second-order valence-corrected chi connectivity index (χ2v) is 6.14. The zero-order valence-corrected chi connectivity index (χ0v) is 14.5. The van der Waals surface area contributed by atoms with E-state index in [9.17, 15) is 14.4 Å². The number of anilines is 1. The maximum Gasteiger partial charge on any atom is 0.407 e. The molecular formula is C17H24N2O5. The largest absolute Gasteiger partial charge is 0.469 e. The Hall–Kier alpha value is -2.57. The average Bonchev–Trinajstić information content (AvgIpc) is 2.50. The third-order valence-electron chi connectivity index (χ3n) is 2.90. The van der Waals surface area contributed by atoms with E-state index >= 15 is 0 Å². The highest BCUT2D eigenvalue weighted by Gasteiger charge is 2.16. The molecule has 0 unspecified atom stereocenters. The lowest BCUT2D eigenvalue weighted by Gasteiger charge is -2.20. The fourth-order valence-corrected chi connectivity index (χ4v) is 1.81. The molecule has 0 aliphatic carbocycles. The molecule has 0 aliphatic heterocycles. The fourth-order valence-electron chi connectivity index (χ4n) is 1.81. The van der Waals surface area contributed by atoms with Gasteiger partial charge in [0.15, 0.2) is 0 Å². The summed E-state index contributed by atoms with van der Waals surface area (Å²) < 4.78 is 9.67. The summed E-state index contributed by atoms with van der Waals surface area (Å²) in [5.41, 5.74) is 0.726. The van der Waals surface area contributed by atoms with Gasteiger partial charge < -0.3 is 20.1 Å². The van der Waals surface area contributed by atoms with Gasteiger partial charge in [0.05, 0.1) is 13.5 Å². The van der Waals surface area contributed by atoms with Crippen LogP contribution in [0, 0.1) is 0 Å². The van der Waals surface area contributed by atoms with Crippen molar-refractivity contribution in [3.05, 3.63) is 29.8 Å². The number of hydrogen-bond acceptors (Lipinski definition) is 5.